The highest BCUT2D eigenvalue weighted by atomic mass is 35.5. The van der Waals surface area contributed by atoms with Crippen LogP contribution in [0.5, 0.6) is 0 Å². The number of nitro groups is 1. The van der Waals surface area contributed by atoms with Crippen molar-refractivity contribution in [3.8, 4) is 0 Å². The molecule has 92 valence electrons. The Hall–Kier alpha value is -1.85. The van der Waals surface area contributed by atoms with Gasteiger partial charge in [-0.05, 0) is 24.3 Å². The Labute approximate surface area is 111 Å². The van der Waals surface area contributed by atoms with Crippen LogP contribution in [0.4, 0.5) is 5.88 Å². The van der Waals surface area contributed by atoms with E-state index in [1.165, 1.54) is 24.3 Å². The van der Waals surface area contributed by atoms with Gasteiger partial charge in [0.05, 0.1) is 11.1 Å². The first kappa shape index (κ1) is 12.6. The van der Waals surface area contributed by atoms with Crippen molar-refractivity contribution in [2.24, 2.45) is 0 Å². The highest BCUT2D eigenvalue weighted by molar-refractivity contribution is 6.37. The number of carbonyl (C=O) groups is 1. The van der Waals surface area contributed by atoms with Crippen LogP contribution in [-0.2, 0) is 0 Å². The first-order chi connectivity index (χ1) is 8.49. The van der Waals surface area contributed by atoms with Crippen molar-refractivity contribution in [3.63, 3.8) is 0 Å². The summed E-state index contributed by atoms with van der Waals surface area (Å²) in [4.78, 5) is 21.7. The fourth-order valence-corrected chi connectivity index (χ4v) is 1.85. The summed E-state index contributed by atoms with van der Waals surface area (Å²) in [5, 5.41) is 11.0. The van der Waals surface area contributed by atoms with Gasteiger partial charge in [-0.25, -0.2) is 0 Å². The van der Waals surface area contributed by atoms with Crippen molar-refractivity contribution in [1.82, 2.24) is 0 Å². The molecule has 0 aliphatic carbocycles. The Bertz CT molecular complexity index is 636. The number of carbonyl (C=O) groups excluding carboxylic acids is 1. The standard InChI is InChI=1S/C11H5Cl2NO4/c12-6-1-2-7(8(13)5-6)11(15)9-3-4-10(18-9)14(16)17/h1-5H. The summed E-state index contributed by atoms with van der Waals surface area (Å²) < 4.78 is 4.81. The molecule has 1 heterocycles. The van der Waals surface area contributed by atoms with Crippen molar-refractivity contribution < 1.29 is 14.1 Å². The molecule has 0 fully saturated rings. The van der Waals surface area contributed by atoms with E-state index in [1.807, 2.05) is 0 Å². The zero-order valence-corrected chi connectivity index (χ0v) is 10.2. The minimum Gasteiger partial charge on any atom is -0.397 e. The molecule has 0 saturated heterocycles. The largest absolute Gasteiger partial charge is 0.433 e. The third kappa shape index (κ3) is 2.37. The monoisotopic (exact) mass is 285 g/mol. The van der Waals surface area contributed by atoms with Gasteiger partial charge in [0.15, 0.2) is 5.76 Å². The van der Waals surface area contributed by atoms with Gasteiger partial charge in [0.25, 0.3) is 0 Å². The molecular weight excluding hydrogens is 281 g/mol. The molecule has 0 spiro atoms. The maximum Gasteiger partial charge on any atom is 0.433 e. The number of hydrogen-bond acceptors (Lipinski definition) is 4. The summed E-state index contributed by atoms with van der Waals surface area (Å²) >= 11 is 11.6. The minimum absolute atomic E-state index is 0.147. The van der Waals surface area contributed by atoms with Crippen molar-refractivity contribution in [3.05, 3.63) is 61.8 Å². The fourth-order valence-electron chi connectivity index (χ4n) is 1.35. The number of furan rings is 1. The summed E-state index contributed by atoms with van der Waals surface area (Å²) in [6, 6.07) is 6.68. The lowest BCUT2D eigenvalue weighted by Gasteiger charge is -2.00. The number of halogens is 2. The fraction of sp³-hybridized carbons (Fsp3) is 0. The summed E-state index contributed by atoms with van der Waals surface area (Å²) in [6.45, 7) is 0. The average Bonchev–Trinajstić information content (AvgIpc) is 2.77. The Morgan fingerprint density at radius 1 is 1.22 bits per heavy atom. The van der Waals surface area contributed by atoms with Crippen LogP contribution < -0.4 is 0 Å². The van der Waals surface area contributed by atoms with Crippen LogP contribution in [0.3, 0.4) is 0 Å². The van der Waals surface area contributed by atoms with Gasteiger partial charge in [-0.1, -0.05) is 23.2 Å². The number of benzene rings is 1. The molecule has 1 aromatic heterocycles. The van der Waals surface area contributed by atoms with Gasteiger partial charge in [-0.3, -0.25) is 14.9 Å². The Balaban J connectivity index is 2.38. The number of hydrogen-bond donors (Lipinski definition) is 0. The first-order valence-electron chi connectivity index (χ1n) is 4.73. The molecule has 2 rings (SSSR count). The number of ketones is 1. The summed E-state index contributed by atoms with van der Waals surface area (Å²) in [7, 11) is 0. The molecular formula is C11H5Cl2NO4. The summed E-state index contributed by atoms with van der Waals surface area (Å²) in [6.07, 6.45) is 0. The maximum atomic E-state index is 12.0. The van der Waals surface area contributed by atoms with Crippen molar-refractivity contribution in [1.29, 1.82) is 0 Å². The Morgan fingerprint density at radius 2 is 1.94 bits per heavy atom. The van der Waals surface area contributed by atoms with Gasteiger partial charge in [0, 0.05) is 10.6 Å². The predicted octanol–water partition coefficient (Wildman–Crippen LogP) is 3.73. The maximum absolute atomic E-state index is 12.0. The van der Waals surface area contributed by atoms with E-state index < -0.39 is 16.6 Å². The Morgan fingerprint density at radius 3 is 2.50 bits per heavy atom. The molecule has 0 atom stereocenters. The van der Waals surface area contributed by atoms with Crippen LogP contribution in [0.25, 0.3) is 0 Å². The molecule has 0 N–H and O–H groups in total. The average molecular weight is 286 g/mol. The smallest absolute Gasteiger partial charge is 0.397 e. The quantitative estimate of drug-likeness (QED) is 0.489. The van der Waals surface area contributed by atoms with Crippen molar-refractivity contribution in [2.75, 3.05) is 0 Å². The molecule has 0 bridgehead atoms. The topological polar surface area (TPSA) is 73.3 Å². The van der Waals surface area contributed by atoms with E-state index in [9.17, 15) is 14.9 Å². The SMILES string of the molecule is O=C(c1ccc([N+](=O)[O-])o1)c1ccc(Cl)cc1Cl. The molecule has 0 radical (unpaired) electrons. The molecule has 1 aromatic carbocycles. The van der Waals surface area contributed by atoms with Gasteiger partial charge >= 0.3 is 5.88 Å². The highest BCUT2D eigenvalue weighted by Crippen LogP contribution is 2.25. The van der Waals surface area contributed by atoms with Crippen LogP contribution >= 0.6 is 23.2 Å². The third-order valence-electron chi connectivity index (χ3n) is 2.17. The zero-order chi connectivity index (χ0) is 13.3. The van der Waals surface area contributed by atoms with E-state index >= 15 is 0 Å². The van der Waals surface area contributed by atoms with Crippen LogP contribution in [0.2, 0.25) is 10.0 Å². The molecule has 0 aliphatic rings. The Kier molecular flexibility index (Phi) is 3.36. The minimum atomic E-state index is -0.722. The van der Waals surface area contributed by atoms with E-state index in [0.29, 0.717) is 5.02 Å². The zero-order valence-electron chi connectivity index (χ0n) is 8.72. The van der Waals surface area contributed by atoms with Crippen LogP contribution in [-0.4, -0.2) is 10.7 Å². The van der Waals surface area contributed by atoms with Gasteiger partial charge in [-0.15, -0.1) is 0 Å². The van der Waals surface area contributed by atoms with Crippen LogP contribution in [0.1, 0.15) is 16.1 Å². The van der Waals surface area contributed by atoms with Crippen LogP contribution in [0.15, 0.2) is 34.7 Å². The van der Waals surface area contributed by atoms with Gasteiger partial charge < -0.3 is 4.42 Å². The lowest BCUT2D eigenvalue weighted by molar-refractivity contribution is -0.402. The lowest BCUT2D eigenvalue weighted by atomic mass is 10.1. The summed E-state index contributed by atoms with van der Waals surface area (Å²) in [5.41, 5.74) is 0.172. The van der Waals surface area contributed by atoms with Gasteiger partial charge in [0.2, 0.25) is 5.78 Å². The third-order valence-corrected chi connectivity index (χ3v) is 2.72. The van der Waals surface area contributed by atoms with E-state index in [2.05, 4.69) is 0 Å². The van der Waals surface area contributed by atoms with Gasteiger partial charge in [-0.2, -0.15) is 0 Å². The normalized spacial score (nSPS) is 10.3. The number of nitrogens with zero attached hydrogens (tertiary/aromatic N) is 1. The van der Waals surface area contributed by atoms with Crippen LogP contribution in [0, 0.1) is 10.1 Å². The van der Waals surface area contributed by atoms with Crippen molar-refractivity contribution >= 4 is 34.9 Å². The second-order valence-electron chi connectivity index (χ2n) is 3.35. The van der Waals surface area contributed by atoms with Crippen molar-refractivity contribution in [2.45, 2.75) is 0 Å². The van der Waals surface area contributed by atoms with E-state index in [4.69, 9.17) is 27.6 Å². The second-order valence-corrected chi connectivity index (χ2v) is 4.19. The lowest BCUT2D eigenvalue weighted by Crippen LogP contribution is -2.00. The first-order valence-corrected chi connectivity index (χ1v) is 5.48. The molecule has 0 saturated carbocycles. The highest BCUT2D eigenvalue weighted by Gasteiger charge is 2.20. The number of rotatable bonds is 3. The van der Waals surface area contributed by atoms with E-state index in [-0.39, 0.29) is 16.3 Å². The second kappa shape index (κ2) is 4.80. The predicted molar refractivity (Wildman–Crippen MR) is 65.3 cm³/mol. The molecule has 7 heteroatoms. The molecule has 5 nitrogen and oxygen atoms in total. The molecule has 2 aromatic rings. The van der Waals surface area contributed by atoms with Gasteiger partial charge in [0.1, 0.15) is 4.92 Å². The molecule has 0 aliphatic heterocycles. The molecule has 18 heavy (non-hydrogen) atoms. The summed E-state index contributed by atoms with van der Waals surface area (Å²) in [5.74, 6) is -1.18. The van der Waals surface area contributed by atoms with E-state index in [0.717, 1.165) is 6.07 Å². The molecule has 0 amide bonds. The molecule has 0 unspecified atom stereocenters. The van der Waals surface area contributed by atoms with E-state index in [1.54, 1.807) is 0 Å².